The minimum absolute atomic E-state index is 0. The lowest BCUT2D eigenvalue weighted by Gasteiger charge is -2.22. The topological polar surface area (TPSA) is 42.3 Å². The number of imidazole rings is 1. The van der Waals surface area contributed by atoms with Crippen LogP contribution in [0, 0.1) is 0 Å². The van der Waals surface area contributed by atoms with Crippen LogP contribution in [0.15, 0.2) is 24.3 Å². The maximum Gasteiger partial charge on any atom is 0.206 e. The van der Waals surface area contributed by atoms with Crippen LogP contribution in [0.5, 0.6) is 0 Å². The Morgan fingerprint density at radius 2 is 2.10 bits per heavy atom. The second kappa shape index (κ2) is 7.95. The van der Waals surface area contributed by atoms with Crippen molar-refractivity contribution in [2.24, 2.45) is 0 Å². The van der Waals surface area contributed by atoms with Gasteiger partial charge in [-0.15, -0.1) is 24.0 Å². The lowest BCUT2D eigenvalue weighted by molar-refractivity contribution is 0.188. The third kappa shape index (κ3) is 3.67. The molecule has 3 rings (SSSR count). The molecule has 1 aliphatic heterocycles. The number of anilines is 1. The summed E-state index contributed by atoms with van der Waals surface area (Å²) in [4.78, 5) is 7.22. The first kappa shape index (κ1) is 16.5. The zero-order valence-corrected chi connectivity index (χ0v) is 14.7. The van der Waals surface area contributed by atoms with Gasteiger partial charge in [-0.3, -0.25) is 0 Å². The van der Waals surface area contributed by atoms with Crippen LogP contribution in [0.3, 0.4) is 0 Å². The number of nitrogens with zero attached hydrogens (tertiary/aromatic N) is 3. The molecule has 0 unspecified atom stereocenters. The van der Waals surface area contributed by atoms with E-state index in [0.29, 0.717) is 6.61 Å². The Labute approximate surface area is 142 Å². The van der Waals surface area contributed by atoms with Gasteiger partial charge in [-0.1, -0.05) is 12.1 Å². The molecule has 0 aliphatic carbocycles. The van der Waals surface area contributed by atoms with Crippen LogP contribution in [-0.4, -0.2) is 49.4 Å². The quantitative estimate of drug-likeness (QED) is 0.796. The molecule has 0 saturated carbocycles. The number of fused-ring (bicyclic) bond motifs is 1. The molecule has 1 saturated heterocycles. The first-order valence-corrected chi connectivity index (χ1v) is 7.30. The van der Waals surface area contributed by atoms with Crippen molar-refractivity contribution >= 4 is 41.0 Å². The number of hydrogen-bond acceptors (Lipinski definition) is 4. The summed E-state index contributed by atoms with van der Waals surface area (Å²) >= 11 is 0. The Morgan fingerprint density at radius 1 is 1.24 bits per heavy atom. The van der Waals surface area contributed by atoms with Crippen molar-refractivity contribution in [3.05, 3.63) is 24.3 Å². The standard InChI is InChI=1S/C15H22N4O.HI/c1-20-12-11-19-14-6-3-2-5-13(14)17-15(19)18-9-4-7-16-8-10-18;/h2-3,5-6,16H,4,7-12H2,1H3;1H. The molecule has 1 fully saturated rings. The molecular formula is C15H23IN4O. The van der Waals surface area contributed by atoms with E-state index in [9.17, 15) is 0 Å². The van der Waals surface area contributed by atoms with E-state index in [-0.39, 0.29) is 24.0 Å². The number of rotatable bonds is 4. The molecule has 0 amide bonds. The number of aromatic nitrogens is 2. The lowest BCUT2D eigenvalue weighted by atomic mass is 10.3. The van der Waals surface area contributed by atoms with Crippen LogP contribution in [0.2, 0.25) is 0 Å². The van der Waals surface area contributed by atoms with E-state index in [2.05, 4.69) is 33.0 Å². The van der Waals surface area contributed by atoms with Gasteiger partial charge >= 0.3 is 0 Å². The highest BCUT2D eigenvalue weighted by molar-refractivity contribution is 14.0. The number of para-hydroxylation sites is 2. The summed E-state index contributed by atoms with van der Waals surface area (Å²) in [6.45, 7) is 5.73. The Balaban J connectivity index is 0.00000161. The maximum absolute atomic E-state index is 5.25. The first-order valence-electron chi connectivity index (χ1n) is 7.30. The van der Waals surface area contributed by atoms with Crippen molar-refractivity contribution in [1.29, 1.82) is 0 Å². The van der Waals surface area contributed by atoms with Crippen molar-refractivity contribution in [2.45, 2.75) is 13.0 Å². The highest BCUT2D eigenvalue weighted by Gasteiger charge is 2.17. The van der Waals surface area contributed by atoms with Gasteiger partial charge in [0, 0.05) is 33.3 Å². The van der Waals surface area contributed by atoms with Gasteiger partial charge in [0.15, 0.2) is 0 Å². The average Bonchev–Trinajstić information content (AvgIpc) is 2.66. The number of benzene rings is 1. The minimum Gasteiger partial charge on any atom is -0.383 e. The molecule has 6 heteroatoms. The number of ether oxygens (including phenoxy) is 1. The minimum atomic E-state index is 0. The summed E-state index contributed by atoms with van der Waals surface area (Å²) in [6, 6.07) is 8.33. The van der Waals surface area contributed by atoms with Gasteiger partial charge in [0.2, 0.25) is 5.95 Å². The lowest BCUT2D eigenvalue weighted by Crippen LogP contribution is -2.30. The highest BCUT2D eigenvalue weighted by atomic mass is 127. The maximum atomic E-state index is 5.25. The molecule has 0 radical (unpaired) electrons. The van der Waals surface area contributed by atoms with Gasteiger partial charge in [0.25, 0.3) is 0 Å². The van der Waals surface area contributed by atoms with Crippen molar-refractivity contribution < 1.29 is 4.74 Å². The molecule has 21 heavy (non-hydrogen) atoms. The number of nitrogens with one attached hydrogen (secondary N) is 1. The molecule has 5 nitrogen and oxygen atoms in total. The summed E-state index contributed by atoms with van der Waals surface area (Å²) in [5, 5.41) is 3.44. The Hall–Kier alpha value is -0.860. The van der Waals surface area contributed by atoms with Gasteiger partial charge < -0.3 is 19.5 Å². The van der Waals surface area contributed by atoms with Crippen LogP contribution in [0.4, 0.5) is 5.95 Å². The average molecular weight is 402 g/mol. The SMILES string of the molecule is COCCn1c(N2CCCNCC2)nc2ccccc21.I. The Kier molecular flexibility index (Phi) is 6.25. The van der Waals surface area contributed by atoms with E-state index in [4.69, 9.17) is 9.72 Å². The van der Waals surface area contributed by atoms with E-state index >= 15 is 0 Å². The second-order valence-corrected chi connectivity index (χ2v) is 5.14. The molecule has 0 atom stereocenters. The summed E-state index contributed by atoms with van der Waals surface area (Å²) in [6.07, 6.45) is 1.16. The first-order chi connectivity index (χ1) is 9.90. The smallest absolute Gasteiger partial charge is 0.206 e. The summed E-state index contributed by atoms with van der Waals surface area (Å²) in [5.74, 6) is 1.08. The van der Waals surface area contributed by atoms with Crippen molar-refractivity contribution in [1.82, 2.24) is 14.9 Å². The van der Waals surface area contributed by atoms with Crippen molar-refractivity contribution in [3.63, 3.8) is 0 Å². The van der Waals surface area contributed by atoms with Crippen molar-refractivity contribution in [2.75, 3.05) is 44.8 Å². The molecule has 2 aromatic rings. The molecule has 1 aromatic carbocycles. The largest absolute Gasteiger partial charge is 0.383 e. The van der Waals surface area contributed by atoms with E-state index in [1.807, 2.05) is 6.07 Å². The van der Waals surface area contributed by atoms with Crippen LogP contribution in [0.25, 0.3) is 11.0 Å². The normalized spacial score (nSPS) is 15.8. The van der Waals surface area contributed by atoms with E-state index in [1.54, 1.807) is 7.11 Å². The Morgan fingerprint density at radius 3 is 2.95 bits per heavy atom. The van der Waals surface area contributed by atoms with Crippen molar-refractivity contribution in [3.8, 4) is 0 Å². The monoisotopic (exact) mass is 402 g/mol. The number of halogens is 1. The zero-order valence-electron chi connectivity index (χ0n) is 12.4. The van der Waals surface area contributed by atoms with Gasteiger partial charge in [-0.05, 0) is 25.1 Å². The molecule has 116 valence electrons. The van der Waals surface area contributed by atoms with E-state index in [0.717, 1.165) is 50.6 Å². The van der Waals surface area contributed by atoms with E-state index in [1.165, 1.54) is 5.52 Å². The predicted octanol–water partition coefficient (Wildman–Crippen LogP) is 2.10. The summed E-state index contributed by atoms with van der Waals surface area (Å²) in [7, 11) is 1.74. The molecule has 1 aliphatic rings. The van der Waals surface area contributed by atoms with Gasteiger partial charge in [0.05, 0.1) is 17.6 Å². The molecule has 1 aromatic heterocycles. The molecule has 0 spiro atoms. The number of methoxy groups -OCH3 is 1. The summed E-state index contributed by atoms with van der Waals surface area (Å²) in [5.41, 5.74) is 2.26. The fraction of sp³-hybridized carbons (Fsp3) is 0.533. The van der Waals surface area contributed by atoms with Crippen LogP contribution in [-0.2, 0) is 11.3 Å². The molecule has 0 bridgehead atoms. The van der Waals surface area contributed by atoms with Gasteiger partial charge in [-0.25, -0.2) is 4.98 Å². The fourth-order valence-electron chi connectivity index (χ4n) is 2.75. The molecule has 1 N–H and O–H groups in total. The van der Waals surface area contributed by atoms with Crippen LogP contribution >= 0.6 is 24.0 Å². The highest BCUT2D eigenvalue weighted by Crippen LogP contribution is 2.23. The Bertz CT molecular complexity index is 564. The van der Waals surface area contributed by atoms with Gasteiger partial charge in [-0.2, -0.15) is 0 Å². The second-order valence-electron chi connectivity index (χ2n) is 5.14. The fourth-order valence-corrected chi connectivity index (χ4v) is 2.75. The van der Waals surface area contributed by atoms with Crippen LogP contribution < -0.4 is 10.2 Å². The van der Waals surface area contributed by atoms with Gasteiger partial charge in [0.1, 0.15) is 0 Å². The van der Waals surface area contributed by atoms with E-state index < -0.39 is 0 Å². The molecular weight excluding hydrogens is 379 g/mol. The number of hydrogen-bond donors (Lipinski definition) is 1. The third-order valence-corrected chi connectivity index (χ3v) is 3.78. The summed E-state index contributed by atoms with van der Waals surface area (Å²) < 4.78 is 7.53. The third-order valence-electron chi connectivity index (χ3n) is 3.78. The predicted molar refractivity (Wildman–Crippen MR) is 96.7 cm³/mol. The van der Waals surface area contributed by atoms with Crippen LogP contribution in [0.1, 0.15) is 6.42 Å². The molecule has 2 heterocycles. The zero-order chi connectivity index (χ0) is 13.8.